The molecule has 0 bridgehead atoms. The van der Waals surface area contributed by atoms with Gasteiger partial charge in [-0.05, 0) is 49.9 Å². The van der Waals surface area contributed by atoms with E-state index in [1.807, 2.05) is 0 Å². The monoisotopic (exact) mass is 407 g/mol. The molecule has 1 unspecified atom stereocenters. The van der Waals surface area contributed by atoms with Gasteiger partial charge in [0.05, 0.1) is 10.6 Å². The highest BCUT2D eigenvalue weighted by Gasteiger charge is 2.31. The summed E-state index contributed by atoms with van der Waals surface area (Å²) >= 11 is 0. The van der Waals surface area contributed by atoms with Crippen molar-refractivity contribution >= 4 is 21.4 Å². The van der Waals surface area contributed by atoms with Gasteiger partial charge in [0.15, 0.2) is 0 Å². The lowest BCUT2D eigenvalue weighted by Crippen LogP contribution is -2.28. The summed E-state index contributed by atoms with van der Waals surface area (Å²) in [6.07, 6.45) is 1.52. The lowest BCUT2D eigenvalue weighted by atomic mass is 10.1. The molecule has 1 aliphatic rings. The highest BCUT2D eigenvalue weighted by atomic mass is 32.2. The van der Waals surface area contributed by atoms with Gasteiger partial charge < -0.3 is 5.32 Å². The molecule has 9 heteroatoms. The average Bonchev–Trinajstić information content (AvgIpc) is 3.19. The van der Waals surface area contributed by atoms with Crippen LogP contribution in [-0.4, -0.2) is 30.7 Å². The number of nitro groups is 1. The van der Waals surface area contributed by atoms with Crippen molar-refractivity contribution in [3.63, 3.8) is 0 Å². The molecule has 0 aliphatic carbocycles. The summed E-state index contributed by atoms with van der Waals surface area (Å²) in [6, 6.07) is 8.14. The molecular formula is C19H22FN3O4S. The van der Waals surface area contributed by atoms with Crippen LogP contribution in [0.15, 0.2) is 41.3 Å². The Morgan fingerprint density at radius 2 is 1.86 bits per heavy atom. The van der Waals surface area contributed by atoms with Crippen molar-refractivity contribution in [3.05, 3.63) is 63.5 Å². The fraction of sp³-hybridized carbons (Fsp3) is 0.368. The topological polar surface area (TPSA) is 92.5 Å². The standard InChI is InChI=1S/C19H22FN3O4S/c1-13-5-6-15(11-17(13)20)14(2)21-18-8-7-16(23(24)25)12-19(18)28(26,27)22-9-3-4-10-22/h5-8,11-12,14,21H,3-4,9-10H2,1-2H3. The molecule has 7 nitrogen and oxygen atoms in total. The normalized spacial score (nSPS) is 16.1. The molecule has 0 aromatic heterocycles. The van der Waals surface area contributed by atoms with Gasteiger partial charge in [0.25, 0.3) is 5.69 Å². The number of anilines is 1. The molecule has 1 N–H and O–H groups in total. The zero-order valence-corrected chi connectivity index (χ0v) is 16.5. The Kier molecular flexibility index (Phi) is 5.66. The number of hydrogen-bond acceptors (Lipinski definition) is 5. The quantitative estimate of drug-likeness (QED) is 0.577. The van der Waals surface area contributed by atoms with E-state index in [4.69, 9.17) is 0 Å². The third kappa shape index (κ3) is 4.00. The Hall–Kier alpha value is -2.52. The summed E-state index contributed by atoms with van der Waals surface area (Å²) in [4.78, 5) is 10.4. The zero-order valence-electron chi connectivity index (χ0n) is 15.7. The van der Waals surface area contributed by atoms with E-state index in [1.54, 1.807) is 26.0 Å². The van der Waals surface area contributed by atoms with E-state index in [-0.39, 0.29) is 22.1 Å². The molecule has 0 radical (unpaired) electrons. The van der Waals surface area contributed by atoms with Crippen LogP contribution in [0.2, 0.25) is 0 Å². The zero-order chi connectivity index (χ0) is 20.5. The highest BCUT2D eigenvalue weighted by Crippen LogP contribution is 2.33. The maximum absolute atomic E-state index is 13.9. The number of benzene rings is 2. The second kappa shape index (κ2) is 7.84. The molecule has 150 valence electrons. The Bertz CT molecular complexity index is 1000. The third-order valence-electron chi connectivity index (χ3n) is 4.93. The lowest BCUT2D eigenvalue weighted by Gasteiger charge is -2.21. The largest absolute Gasteiger partial charge is 0.377 e. The summed E-state index contributed by atoms with van der Waals surface area (Å²) < 4.78 is 41.3. The van der Waals surface area contributed by atoms with Crippen molar-refractivity contribution in [1.29, 1.82) is 0 Å². The second-order valence-corrected chi connectivity index (χ2v) is 8.83. The predicted octanol–water partition coefficient (Wildman–Crippen LogP) is 4.00. The number of nitrogens with one attached hydrogen (secondary N) is 1. The SMILES string of the molecule is Cc1ccc(C(C)Nc2ccc([N+](=O)[O-])cc2S(=O)(=O)N2CCCC2)cc1F. The van der Waals surface area contributed by atoms with Crippen LogP contribution in [0, 0.1) is 22.9 Å². The van der Waals surface area contributed by atoms with E-state index in [1.165, 1.54) is 22.5 Å². The maximum atomic E-state index is 13.9. The average molecular weight is 407 g/mol. The molecule has 0 amide bonds. The van der Waals surface area contributed by atoms with Crippen molar-refractivity contribution in [2.75, 3.05) is 18.4 Å². The van der Waals surface area contributed by atoms with Gasteiger partial charge in [-0.15, -0.1) is 0 Å². The molecule has 1 aliphatic heterocycles. The molecule has 3 rings (SSSR count). The molecule has 1 saturated heterocycles. The first kappa shape index (κ1) is 20.2. The van der Waals surface area contributed by atoms with Gasteiger partial charge in [-0.1, -0.05) is 12.1 Å². The minimum atomic E-state index is -3.88. The van der Waals surface area contributed by atoms with Crippen LogP contribution in [0.25, 0.3) is 0 Å². The van der Waals surface area contributed by atoms with E-state index in [0.29, 0.717) is 24.2 Å². The first-order chi connectivity index (χ1) is 13.2. The fourth-order valence-electron chi connectivity index (χ4n) is 3.22. The van der Waals surface area contributed by atoms with Gasteiger partial charge >= 0.3 is 0 Å². The van der Waals surface area contributed by atoms with Crippen molar-refractivity contribution in [2.24, 2.45) is 0 Å². The smallest absolute Gasteiger partial charge is 0.270 e. The first-order valence-electron chi connectivity index (χ1n) is 9.01. The van der Waals surface area contributed by atoms with Crippen LogP contribution < -0.4 is 5.32 Å². The molecule has 0 spiro atoms. The van der Waals surface area contributed by atoms with Crippen LogP contribution in [0.3, 0.4) is 0 Å². The number of nitro benzene ring substituents is 1. The number of nitrogens with zero attached hydrogens (tertiary/aromatic N) is 2. The van der Waals surface area contributed by atoms with Crippen LogP contribution in [0.4, 0.5) is 15.8 Å². The van der Waals surface area contributed by atoms with Crippen LogP contribution >= 0.6 is 0 Å². The minimum Gasteiger partial charge on any atom is -0.377 e. The van der Waals surface area contributed by atoms with Gasteiger partial charge in [-0.25, -0.2) is 12.8 Å². The molecule has 2 aromatic rings. The van der Waals surface area contributed by atoms with Gasteiger partial charge in [0.1, 0.15) is 10.7 Å². The molecule has 28 heavy (non-hydrogen) atoms. The van der Waals surface area contributed by atoms with E-state index >= 15 is 0 Å². The van der Waals surface area contributed by atoms with Gasteiger partial charge in [-0.2, -0.15) is 4.31 Å². The van der Waals surface area contributed by atoms with E-state index in [9.17, 15) is 22.9 Å². The lowest BCUT2D eigenvalue weighted by molar-refractivity contribution is -0.385. The maximum Gasteiger partial charge on any atom is 0.270 e. The summed E-state index contributed by atoms with van der Waals surface area (Å²) in [6.45, 7) is 4.22. The number of aryl methyl sites for hydroxylation is 1. The third-order valence-corrected chi connectivity index (χ3v) is 6.87. The summed E-state index contributed by atoms with van der Waals surface area (Å²) in [5, 5.41) is 14.2. The van der Waals surface area contributed by atoms with Gasteiger partial charge in [0.2, 0.25) is 10.0 Å². The van der Waals surface area contributed by atoms with Crippen LogP contribution in [-0.2, 0) is 10.0 Å². The highest BCUT2D eigenvalue weighted by molar-refractivity contribution is 7.89. The van der Waals surface area contributed by atoms with E-state index in [2.05, 4.69) is 5.32 Å². The van der Waals surface area contributed by atoms with Gasteiger partial charge in [-0.3, -0.25) is 10.1 Å². The number of rotatable bonds is 6. The van der Waals surface area contributed by atoms with Crippen molar-refractivity contribution in [1.82, 2.24) is 4.31 Å². The van der Waals surface area contributed by atoms with E-state index in [0.717, 1.165) is 18.9 Å². The molecule has 2 aromatic carbocycles. The number of non-ortho nitro benzene ring substituents is 1. The Morgan fingerprint density at radius 3 is 2.46 bits per heavy atom. The minimum absolute atomic E-state index is 0.136. The number of halogens is 1. The Balaban J connectivity index is 2.00. The molecule has 0 saturated carbocycles. The Morgan fingerprint density at radius 1 is 1.18 bits per heavy atom. The predicted molar refractivity (Wildman–Crippen MR) is 104 cm³/mol. The van der Waals surface area contributed by atoms with Crippen LogP contribution in [0.1, 0.15) is 36.9 Å². The molecule has 1 heterocycles. The summed E-state index contributed by atoms with van der Waals surface area (Å²) in [5.41, 5.74) is 1.12. The van der Waals surface area contributed by atoms with E-state index < -0.39 is 21.0 Å². The summed E-state index contributed by atoms with van der Waals surface area (Å²) in [5.74, 6) is -0.347. The fourth-order valence-corrected chi connectivity index (χ4v) is 4.91. The van der Waals surface area contributed by atoms with Crippen LogP contribution in [0.5, 0.6) is 0 Å². The van der Waals surface area contributed by atoms with Crippen molar-refractivity contribution in [3.8, 4) is 0 Å². The summed E-state index contributed by atoms with van der Waals surface area (Å²) in [7, 11) is -3.88. The number of hydrogen-bond donors (Lipinski definition) is 1. The van der Waals surface area contributed by atoms with Gasteiger partial charge in [0, 0.05) is 31.3 Å². The number of sulfonamides is 1. The Labute approximate surface area is 163 Å². The van der Waals surface area contributed by atoms with Crippen molar-refractivity contribution in [2.45, 2.75) is 37.6 Å². The first-order valence-corrected chi connectivity index (χ1v) is 10.5. The second-order valence-electron chi connectivity index (χ2n) is 6.92. The molecule has 1 atom stereocenters. The molecular weight excluding hydrogens is 385 g/mol. The van der Waals surface area contributed by atoms with Crippen molar-refractivity contribution < 1.29 is 17.7 Å². The molecule has 1 fully saturated rings.